The van der Waals surface area contributed by atoms with E-state index in [0.717, 1.165) is 4.90 Å². The second kappa shape index (κ2) is 8.38. The minimum atomic E-state index is -0.300. The van der Waals surface area contributed by atoms with Gasteiger partial charge in [0.2, 0.25) is 11.8 Å². The number of carbonyl (C=O) groups is 2. The second-order valence-corrected chi connectivity index (χ2v) is 6.20. The van der Waals surface area contributed by atoms with E-state index < -0.39 is 0 Å². The highest BCUT2D eigenvalue weighted by Crippen LogP contribution is 2.18. The summed E-state index contributed by atoms with van der Waals surface area (Å²) in [5.41, 5.74) is 0. The third-order valence-electron chi connectivity index (χ3n) is 3.07. The molecule has 0 atom stereocenters. The van der Waals surface area contributed by atoms with E-state index in [9.17, 15) is 9.59 Å². The smallest absolute Gasteiger partial charge is 0.245 e. The first-order chi connectivity index (χ1) is 11.1. The van der Waals surface area contributed by atoms with Crippen molar-refractivity contribution in [3.05, 3.63) is 42.7 Å². The lowest BCUT2D eigenvalue weighted by molar-refractivity contribution is -0.134. The van der Waals surface area contributed by atoms with Crippen LogP contribution < -0.4 is 5.32 Å². The molecule has 0 spiro atoms. The lowest BCUT2D eigenvalue weighted by Gasteiger charge is -2.25. The van der Waals surface area contributed by atoms with Crippen molar-refractivity contribution in [3.8, 4) is 0 Å². The summed E-state index contributed by atoms with van der Waals surface area (Å²) in [6.07, 6.45) is 1.37. The Morgan fingerprint density at radius 1 is 1.26 bits per heavy atom. The number of anilines is 1. The predicted octanol–water partition coefficient (Wildman–Crippen LogP) is 2.64. The molecule has 0 saturated carbocycles. The topological polar surface area (TPSA) is 75.4 Å². The minimum Gasteiger partial charge on any atom is -0.363 e. The molecule has 23 heavy (non-hydrogen) atoms. The third-order valence-corrected chi connectivity index (χ3v) is 4.07. The van der Waals surface area contributed by atoms with Gasteiger partial charge in [-0.25, -0.2) is 0 Å². The third kappa shape index (κ3) is 5.45. The second-order valence-electron chi connectivity index (χ2n) is 5.15. The van der Waals surface area contributed by atoms with Crippen molar-refractivity contribution >= 4 is 29.4 Å². The molecule has 0 bridgehead atoms. The number of thioether (sulfide) groups is 1. The van der Waals surface area contributed by atoms with Crippen LogP contribution in [0.25, 0.3) is 0 Å². The number of nitrogens with one attached hydrogen (secondary N) is 1. The average molecular weight is 333 g/mol. The Morgan fingerprint density at radius 3 is 2.61 bits per heavy atom. The fourth-order valence-electron chi connectivity index (χ4n) is 1.92. The SMILES string of the molecule is CC(C)N(CC(=O)Nc1ccon1)C(=O)CSc1ccccc1. The van der Waals surface area contributed by atoms with Gasteiger partial charge in [0.1, 0.15) is 12.8 Å². The molecule has 0 aliphatic heterocycles. The number of rotatable bonds is 7. The maximum Gasteiger partial charge on any atom is 0.245 e. The molecule has 1 aromatic heterocycles. The van der Waals surface area contributed by atoms with Crippen LogP contribution in [-0.2, 0) is 9.59 Å². The van der Waals surface area contributed by atoms with E-state index in [1.54, 1.807) is 11.0 Å². The fraction of sp³-hybridized carbons (Fsp3) is 0.312. The van der Waals surface area contributed by atoms with E-state index in [1.165, 1.54) is 18.0 Å². The molecule has 0 saturated heterocycles. The van der Waals surface area contributed by atoms with Crippen LogP contribution in [0.2, 0.25) is 0 Å². The van der Waals surface area contributed by atoms with Crippen LogP contribution in [0.15, 0.2) is 52.1 Å². The molecule has 2 rings (SSSR count). The monoisotopic (exact) mass is 333 g/mol. The van der Waals surface area contributed by atoms with Crippen molar-refractivity contribution in [2.75, 3.05) is 17.6 Å². The van der Waals surface area contributed by atoms with Gasteiger partial charge in [-0.05, 0) is 26.0 Å². The van der Waals surface area contributed by atoms with Crippen LogP contribution in [0.5, 0.6) is 0 Å². The summed E-state index contributed by atoms with van der Waals surface area (Å²) < 4.78 is 4.65. The van der Waals surface area contributed by atoms with Gasteiger partial charge in [0, 0.05) is 17.0 Å². The van der Waals surface area contributed by atoms with Gasteiger partial charge in [-0.2, -0.15) is 0 Å². The van der Waals surface area contributed by atoms with Crippen molar-refractivity contribution in [1.29, 1.82) is 0 Å². The molecule has 0 aliphatic rings. The molecule has 1 heterocycles. The van der Waals surface area contributed by atoms with Gasteiger partial charge >= 0.3 is 0 Å². The van der Waals surface area contributed by atoms with Crippen LogP contribution in [0.3, 0.4) is 0 Å². The Hall–Kier alpha value is -2.28. The Morgan fingerprint density at radius 2 is 2.00 bits per heavy atom. The van der Waals surface area contributed by atoms with Gasteiger partial charge in [-0.3, -0.25) is 9.59 Å². The van der Waals surface area contributed by atoms with E-state index in [0.29, 0.717) is 11.6 Å². The maximum atomic E-state index is 12.4. The van der Waals surface area contributed by atoms with Crippen molar-refractivity contribution < 1.29 is 14.1 Å². The van der Waals surface area contributed by atoms with Crippen LogP contribution in [0.1, 0.15) is 13.8 Å². The Labute approximate surface area is 139 Å². The lowest BCUT2D eigenvalue weighted by Crippen LogP contribution is -2.43. The highest BCUT2D eigenvalue weighted by atomic mass is 32.2. The molecule has 7 heteroatoms. The zero-order valence-electron chi connectivity index (χ0n) is 13.1. The Bertz CT molecular complexity index is 629. The number of nitrogens with zero attached hydrogens (tertiary/aromatic N) is 2. The quantitative estimate of drug-likeness (QED) is 0.788. The van der Waals surface area contributed by atoms with Gasteiger partial charge in [-0.15, -0.1) is 11.8 Å². The molecule has 122 valence electrons. The van der Waals surface area contributed by atoms with E-state index in [2.05, 4.69) is 15.0 Å². The van der Waals surface area contributed by atoms with Gasteiger partial charge in [-0.1, -0.05) is 23.4 Å². The zero-order chi connectivity index (χ0) is 16.7. The number of benzene rings is 1. The average Bonchev–Trinajstić information content (AvgIpc) is 3.04. The minimum absolute atomic E-state index is 0.0152. The predicted molar refractivity (Wildman–Crippen MR) is 89.1 cm³/mol. The van der Waals surface area contributed by atoms with E-state index in [1.807, 2.05) is 44.2 Å². The molecule has 0 unspecified atom stereocenters. The number of hydrogen-bond donors (Lipinski definition) is 1. The van der Waals surface area contributed by atoms with Gasteiger partial charge in [0.05, 0.1) is 5.75 Å². The summed E-state index contributed by atoms with van der Waals surface area (Å²) in [6, 6.07) is 11.2. The van der Waals surface area contributed by atoms with E-state index in [4.69, 9.17) is 0 Å². The number of carbonyl (C=O) groups excluding carboxylic acids is 2. The normalized spacial score (nSPS) is 10.6. The van der Waals surface area contributed by atoms with Crippen LogP contribution in [0.4, 0.5) is 5.82 Å². The first-order valence-corrected chi connectivity index (χ1v) is 8.22. The highest BCUT2D eigenvalue weighted by Gasteiger charge is 2.20. The number of hydrogen-bond acceptors (Lipinski definition) is 5. The summed E-state index contributed by atoms with van der Waals surface area (Å²) in [7, 11) is 0. The van der Waals surface area contributed by atoms with Gasteiger partial charge < -0.3 is 14.7 Å². The van der Waals surface area contributed by atoms with Crippen LogP contribution in [0, 0.1) is 0 Å². The molecule has 1 N–H and O–H groups in total. The Balaban J connectivity index is 1.89. The van der Waals surface area contributed by atoms with Gasteiger partial charge in [0.25, 0.3) is 0 Å². The Kier molecular flexibility index (Phi) is 6.22. The molecular formula is C16H19N3O3S. The maximum absolute atomic E-state index is 12.4. The number of amides is 2. The summed E-state index contributed by atoms with van der Waals surface area (Å²) in [6.45, 7) is 3.75. The van der Waals surface area contributed by atoms with Gasteiger partial charge in [0.15, 0.2) is 5.82 Å². The molecule has 6 nitrogen and oxygen atoms in total. The van der Waals surface area contributed by atoms with Crippen molar-refractivity contribution in [2.45, 2.75) is 24.8 Å². The summed E-state index contributed by atoms with van der Waals surface area (Å²) in [4.78, 5) is 27.0. The molecule has 0 radical (unpaired) electrons. The van der Waals surface area contributed by atoms with Crippen molar-refractivity contribution in [3.63, 3.8) is 0 Å². The fourth-order valence-corrected chi connectivity index (χ4v) is 2.72. The van der Waals surface area contributed by atoms with Crippen LogP contribution in [-0.4, -0.2) is 40.2 Å². The van der Waals surface area contributed by atoms with E-state index in [-0.39, 0.29) is 24.4 Å². The molecule has 0 fully saturated rings. The first kappa shape index (κ1) is 17.1. The highest BCUT2D eigenvalue weighted by molar-refractivity contribution is 8.00. The summed E-state index contributed by atoms with van der Waals surface area (Å²) in [5, 5.41) is 6.21. The molecule has 1 aromatic carbocycles. The first-order valence-electron chi connectivity index (χ1n) is 7.24. The summed E-state index contributed by atoms with van der Waals surface area (Å²) in [5.74, 6) is 0.249. The molecule has 0 aliphatic carbocycles. The standard InChI is InChI=1S/C16H19N3O3S/c1-12(2)19(10-15(20)17-14-8-9-22-18-14)16(21)11-23-13-6-4-3-5-7-13/h3-9,12H,10-11H2,1-2H3,(H,17,18,20). The zero-order valence-corrected chi connectivity index (χ0v) is 13.9. The van der Waals surface area contributed by atoms with Crippen molar-refractivity contribution in [2.24, 2.45) is 0 Å². The molecular weight excluding hydrogens is 314 g/mol. The largest absolute Gasteiger partial charge is 0.363 e. The lowest BCUT2D eigenvalue weighted by atomic mass is 10.3. The summed E-state index contributed by atoms with van der Waals surface area (Å²) >= 11 is 1.46. The number of aromatic nitrogens is 1. The molecule has 2 amide bonds. The molecule has 2 aromatic rings. The van der Waals surface area contributed by atoms with E-state index >= 15 is 0 Å². The van der Waals surface area contributed by atoms with Crippen LogP contribution >= 0.6 is 11.8 Å². The van der Waals surface area contributed by atoms with Crippen molar-refractivity contribution in [1.82, 2.24) is 10.1 Å².